The normalized spacial score (nSPS) is 15.1. The molecule has 0 heterocycles. The fourth-order valence-electron chi connectivity index (χ4n) is 0.610. The number of carbonyl (C=O) groups is 1. The van der Waals surface area contributed by atoms with Gasteiger partial charge in [0, 0.05) is 22.9 Å². The number of carbonyl (C=O) groups excluding carboxylic acids is 1. The molecule has 78 valence electrons. The summed E-state index contributed by atoms with van der Waals surface area (Å²) in [5.74, 6) is -0.263. The van der Waals surface area contributed by atoms with Crippen LogP contribution in [0.4, 0.5) is 0 Å². The smallest absolute Gasteiger partial charge is 0.308 e. The Balaban J connectivity index is 3.68. The highest BCUT2D eigenvalue weighted by molar-refractivity contribution is 14.1. The molecule has 0 aromatic heterocycles. The van der Waals surface area contributed by atoms with Gasteiger partial charge in [0.2, 0.25) is 0 Å². The number of esters is 1. The first-order valence-corrected chi connectivity index (χ1v) is 5.37. The summed E-state index contributed by atoms with van der Waals surface area (Å²) in [6.45, 7) is 3.96. The van der Waals surface area contributed by atoms with E-state index in [1.54, 1.807) is 0 Å². The number of rotatable bonds is 6. The van der Waals surface area contributed by atoms with E-state index in [0.717, 1.165) is 6.42 Å². The maximum atomic E-state index is 11.2. The fourth-order valence-corrected chi connectivity index (χ4v) is 0.987. The van der Waals surface area contributed by atoms with Crippen LogP contribution in [0.2, 0.25) is 0 Å². The van der Waals surface area contributed by atoms with Crippen molar-refractivity contribution >= 4 is 28.8 Å². The molecule has 0 saturated carbocycles. The first-order chi connectivity index (χ1) is 6.15. The van der Waals surface area contributed by atoms with Crippen LogP contribution in [0.3, 0.4) is 0 Å². The average molecular weight is 301 g/mol. The monoisotopic (exact) mass is 301 g/mol. The molecular weight excluding hydrogens is 285 g/mol. The van der Waals surface area contributed by atoms with E-state index in [0.29, 0.717) is 0 Å². The number of hydrogen-bond donors (Lipinski definition) is 2. The second-order valence-corrected chi connectivity index (χ2v) is 3.55. The van der Waals surface area contributed by atoms with Gasteiger partial charge in [0.15, 0.2) is 0 Å². The molecule has 0 spiro atoms. The minimum atomic E-state index is -0.201. The van der Waals surface area contributed by atoms with Crippen LogP contribution in [-0.4, -0.2) is 30.3 Å². The Kier molecular flexibility index (Phi) is 7.59. The van der Waals surface area contributed by atoms with Crippen molar-refractivity contribution < 1.29 is 14.6 Å². The second-order valence-electron chi connectivity index (χ2n) is 2.93. The van der Waals surface area contributed by atoms with Crippen molar-refractivity contribution in [3.63, 3.8) is 0 Å². The Morgan fingerprint density at radius 2 is 2.31 bits per heavy atom. The summed E-state index contributed by atoms with van der Waals surface area (Å²) in [4.78, 5) is 11.2. The molecule has 2 N–H and O–H groups in total. The van der Waals surface area contributed by atoms with Crippen LogP contribution in [0, 0.1) is 5.92 Å². The van der Waals surface area contributed by atoms with Crippen LogP contribution in [0.25, 0.3) is 0 Å². The van der Waals surface area contributed by atoms with Gasteiger partial charge in [-0.05, 0) is 6.42 Å². The highest BCUT2D eigenvalue weighted by atomic mass is 127. The topological polar surface area (TPSA) is 58.6 Å². The lowest BCUT2D eigenvalue weighted by molar-refractivity contribution is -0.148. The summed E-state index contributed by atoms with van der Waals surface area (Å²) in [5, 5.41) is 8.78. The lowest BCUT2D eigenvalue weighted by Crippen LogP contribution is -2.32. The maximum absolute atomic E-state index is 11.2. The quantitative estimate of drug-likeness (QED) is 0.434. The zero-order valence-corrected chi connectivity index (χ0v) is 10.1. The third-order valence-electron chi connectivity index (χ3n) is 1.82. The van der Waals surface area contributed by atoms with E-state index in [2.05, 4.69) is 3.53 Å². The van der Waals surface area contributed by atoms with Crippen molar-refractivity contribution in [3.05, 3.63) is 0 Å². The second kappa shape index (κ2) is 7.52. The molecule has 5 heteroatoms. The van der Waals surface area contributed by atoms with Crippen LogP contribution in [-0.2, 0) is 9.53 Å². The number of aliphatic hydroxyl groups is 1. The number of aliphatic hydroxyl groups excluding tert-OH is 1. The van der Waals surface area contributed by atoms with Crippen molar-refractivity contribution in [1.29, 1.82) is 0 Å². The highest BCUT2D eigenvalue weighted by Gasteiger charge is 2.14. The molecule has 0 aliphatic carbocycles. The molecule has 0 radical (unpaired) electrons. The molecule has 2 unspecified atom stereocenters. The van der Waals surface area contributed by atoms with Gasteiger partial charge in [-0.15, -0.1) is 0 Å². The van der Waals surface area contributed by atoms with E-state index in [1.807, 2.05) is 36.7 Å². The summed E-state index contributed by atoms with van der Waals surface area (Å²) in [5.41, 5.74) is 0. The number of halogens is 1. The van der Waals surface area contributed by atoms with Crippen LogP contribution < -0.4 is 3.53 Å². The maximum Gasteiger partial charge on any atom is 0.308 e. The van der Waals surface area contributed by atoms with Gasteiger partial charge in [0.25, 0.3) is 0 Å². The molecule has 0 fully saturated rings. The van der Waals surface area contributed by atoms with Crippen LogP contribution in [0.1, 0.15) is 20.3 Å². The third kappa shape index (κ3) is 5.43. The SMILES string of the molecule is CCC(C)C(=O)OCC(CO)NI. The number of nitrogens with one attached hydrogen (secondary N) is 1. The first kappa shape index (κ1) is 13.1. The molecule has 0 aromatic rings. The van der Waals surface area contributed by atoms with Crippen molar-refractivity contribution in [1.82, 2.24) is 3.53 Å². The van der Waals surface area contributed by atoms with Gasteiger partial charge in [-0.3, -0.25) is 8.32 Å². The molecule has 0 saturated heterocycles. The predicted octanol–water partition coefficient (Wildman–Crippen LogP) is 0.876. The van der Waals surface area contributed by atoms with E-state index >= 15 is 0 Å². The predicted molar refractivity (Wildman–Crippen MR) is 58.4 cm³/mol. The van der Waals surface area contributed by atoms with E-state index in [9.17, 15) is 4.79 Å². The van der Waals surface area contributed by atoms with Crippen LogP contribution in [0.5, 0.6) is 0 Å². The molecule has 4 nitrogen and oxygen atoms in total. The zero-order chi connectivity index (χ0) is 10.3. The molecule has 0 rings (SSSR count). The summed E-state index contributed by atoms with van der Waals surface area (Å²) in [6.07, 6.45) is 0.778. The van der Waals surface area contributed by atoms with E-state index < -0.39 is 0 Å². The number of ether oxygens (including phenoxy) is 1. The Bertz CT molecular complexity index is 150. The van der Waals surface area contributed by atoms with Gasteiger partial charge in [-0.25, -0.2) is 0 Å². The zero-order valence-electron chi connectivity index (χ0n) is 7.92. The summed E-state index contributed by atoms with van der Waals surface area (Å²) >= 11 is 1.92. The molecule has 13 heavy (non-hydrogen) atoms. The average Bonchev–Trinajstić information content (AvgIpc) is 2.17. The Morgan fingerprint density at radius 3 is 2.69 bits per heavy atom. The lowest BCUT2D eigenvalue weighted by atomic mass is 10.1. The first-order valence-electron chi connectivity index (χ1n) is 4.29. The molecule has 0 aromatic carbocycles. The van der Waals surface area contributed by atoms with Gasteiger partial charge < -0.3 is 9.84 Å². The van der Waals surface area contributed by atoms with Crippen molar-refractivity contribution in [2.24, 2.45) is 5.92 Å². The molecule has 0 aliphatic rings. The molecule has 0 aliphatic heterocycles. The number of hydrogen-bond acceptors (Lipinski definition) is 4. The Labute approximate surface area is 92.5 Å². The van der Waals surface area contributed by atoms with Crippen molar-refractivity contribution in [3.8, 4) is 0 Å². The fraction of sp³-hybridized carbons (Fsp3) is 0.875. The summed E-state index contributed by atoms with van der Waals surface area (Å²) in [7, 11) is 0. The van der Waals surface area contributed by atoms with E-state index in [4.69, 9.17) is 9.84 Å². The van der Waals surface area contributed by atoms with Gasteiger partial charge in [0.1, 0.15) is 6.61 Å². The third-order valence-corrected chi connectivity index (χ3v) is 2.70. The van der Waals surface area contributed by atoms with Gasteiger partial charge in [0.05, 0.1) is 18.6 Å². The standard InChI is InChI=1S/C8H16INO3/c1-3-6(2)8(12)13-5-7(4-11)10-9/h6-7,10-11H,3-5H2,1-2H3. The highest BCUT2D eigenvalue weighted by Crippen LogP contribution is 2.03. The van der Waals surface area contributed by atoms with Crippen LogP contribution in [0.15, 0.2) is 0 Å². The van der Waals surface area contributed by atoms with Crippen LogP contribution >= 0.6 is 22.9 Å². The molecule has 2 atom stereocenters. The summed E-state index contributed by atoms with van der Waals surface area (Å²) < 4.78 is 7.78. The Morgan fingerprint density at radius 1 is 1.69 bits per heavy atom. The van der Waals surface area contributed by atoms with E-state index in [-0.39, 0.29) is 31.1 Å². The summed E-state index contributed by atoms with van der Waals surface area (Å²) in [6, 6.07) is -0.173. The largest absolute Gasteiger partial charge is 0.464 e. The van der Waals surface area contributed by atoms with Crippen molar-refractivity contribution in [2.75, 3.05) is 13.2 Å². The van der Waals surface area contributed by atoms with E-state index in [1.165, 1.54) is 0 Å². The van der Waals surface area contributed by atoms with Gasteiger partial charge in [-0.2, -0.15) is 0 Å². The molecular formula is C8H16INO3. The minimum Gasteiger partial charge on any atom is -0.464 e. The van der Waals surface area contributed by atoms with Crippen molar-refractivity contribution in [2.45, 2.75) is 26.3 Å². The Hall–Kier alpha value is 0.120. The van der Waals surface area contributed by atoms with Gasteiger partial charge >= 0.3 is 5.97 Å². The molecule has 0 amide bonds. The lowest BCUT2D eigenvalue weighted by Gasteiger charge is -2.14. The molecule has 0 bridgehead atoms. The minimum absolute atomic E-state index is 0.0310. The van der Waals surface area contributed by atoms with Gasteiger partial charge in [-0.1, -0.05) is 13.8 Å².